The third-order valence-electron chi connectivity index (χ3n) is 4.37. The van der Waals surface area contributed by atoms with Gasteiger partial charge in [0.2, 0.25) is 0 Å². The van der Waals surface area contributed by atoms with Crippen LogP contribution in [0.2, 0.25) is 0 Å². The number of hydrogen-bond donors (Lipinski definition) is 1. The van der Waals surface area contributed by atoms with E-state index in [1.165, 1.54) is 0 Å². The summed E-state index contributed by atoms with van der Waals surface area (Å²) in [4.78, 5) is 1.94. The molecule has 4 rings (SSSR count). The summed E-state index contributed by atoms with van der Waals surface area (Å²) in [6, 6.07) is 18.8. The number of nitrogens with zero attached hydrogens (tertiary/aromatic N) is 5. The van der Waals surface area contributed by atoms with Crippen LogP contribution in [-0.4, -0.2) is 38.8 Å². The molecule has 142 valence electrons. The molecule has 0 atom stereocenters. The number of anilines is 1. The van der Waals surface area contributed by atoms with Crippen LogP contribution >= 0.6 is 0 Å². The van der Waals surface area contributed by atoms with Crippen molar-refractivity contribution in [2.24, 2.45) is 0 Å². The highest BCUT2D eigenvalue weighted by Gasteiger charge is 2.10. The van der Waals surface area contributed by atoms with E-state index in [-0.39, 0.29) is 5.82 Å². The summed E-state index contributed by atoms with van der Waals surface area (Å²) in [6.45, 7) is 1.05. The first-order chi connectivity index (χ1) is 13.6. The molecule has 0 bridgehead atoms. The van der Waals surface area contributed by atoms with Gasteiger partial charge in [0.25, 0.3) is 0 Å². The van der Waals surface area contributed by atoms with Gasteiger partial charge < -0.3 is 10.2 Å². The Labute approximate surface area is 162 Å². The molecule has 0 unspecified atom stereocenters. The molecule has 2 aromatic heterocycles. The van der Waals surface area contributed by atoms with Crippen LogP contribution in [0.25, 0.3) is 17.0 Å². The van der Waals surface area contributed by atoms with Crippen LogP contribution < -0.4 is 5.32 Å². The molecule has 0 spiro atoms. The van der Waals surface area contributed by atoms with Crippen molar-refractivity contribution in [2.75, 3.05) is 19.4 Å². The number of nitrogens with one attached hydrogen (secondary N) is 1. The van der Waals surface area contributed by atoms with E-state index in [0.29, 0.717) is 35.9 Å². The van der Waals surface area contributed by atoms with Crippen LogP contribution in [0.1, 0.15) is 11.1 Å². The number of benzene rings is 2. The molecule has 1 N–H and O–H groups in total. The number of halogens is 1. The quantitative estimate of drug-likeness (QED) is 0.557. The van der Waals surface area contributed by atoms with E-state index in [9.17, 15) is 4.39 Å². The first kappa shape index (κ1) is 18.1. The van der Waals surface area contributed by atoms with Crippen molar-refractivity contribution < 1.29 is 4.39 Å². The maximum atomic E-state index is 14.3. The van der Waals surface area contributed by atoms with E-state index >= 15 is 0 Å². The molecule has 0 fully saturated rings. The topological polar surface area (TPSA) is 58.3 Å². The normalized spacial score (nSPS) is 11.3. The van der Waals surface area contributed by atoms with E-state index in [4.69, 9.17) is 0 Å². The minimum atomic E-state index is -0.193. The summed E-state index contributed by atoms with van der Waals surface area (Å²) in [5.74, 6) is 1.15. The maximum Gasteiger partial charge on any atom is 0.185 e. The Balaban J connectivity index is 1.53. The second-order valence-corrected chi connectivity index (χ2v) is 6.90. The van der Waals surface area contributed by atoms with Crippen molar-refractivity contribution >= 4 is 11.5 Å². The van der Waals surface area contributed by atoms with Gasteiger partial charge in [-0.1, -0.05) is 42.5 Å². The summed E-state index contributed by atoms with van der Waals surface area (Å²) in [5.41, 5.74) is 3.15. The molecule has 0 aliphatic rings. The second kappa shape index (κ2) is 7.74. The molecule has 0 saturated heterocycles. The van der Waals surface area contributed by atoms with Gasteiger partial charge in [-0.2, -0.15) is 4.52 Å². The van der Waals surface area contributed by atoms with E-state index in [2.05, 4.69) is 20.6 Å². The highest BCUT2D eigenvalue weighted by molar-refractivity contribution is 5.59. The van der Waals surface area contributed by atoms with E-state index < -0.39 is 0 Å². The van der Waals surface area contributed by atoms with Crippen molar-refractivity contribution in [2.45, 2.75) is 13.1 Å². The predicted octanol–water partition coefficient (Wildman–Crippen LogP) is 3.60. The Bertz CT molecular complexity index is 1090. The predicted molar refractivity (Wildman–Crippen MR) is 107 cm³/mol. The summed E-state index contributed by atoms with van der Waals surface area (Å²) in [7, 11) is 3.84. The Hall–Kier alpha value is -3.32. The van der Waals surface area contributed by atoms with Crippen LogP contribution in [-0.2, 0) is 13.1 Å². The number of aromatic nitrogens is 4. The van der Waals surface area contributed by atoms with Gasteiger partial charge in [-0.05, 0) is 37.9 Å². The molecule has 28 heavy (non-hydrogen) atoms. The average Bonchev–Trinajstić information content (AvgIpc) is 3.12. The lowest BCUT2D eigenvalue weighted by molar-refractivity contribution is 0.392. The lowest BCUT2D eigenvalue weighted by atomic mass is 10.1. The molecule has 7 heteroatoms. The van der Waals surface area contributed by atoms with Gasteiger partial charge in [-0.3, -0.25) is 0 Å². The Morgan fingerprint density at radius 1 is 1.00 bits per heavy atom. The zero-order valence-corrected chi connectivity index (χ0v) is 15.8. The lowest BCUT2D eigenvalue weighted by Crippen LogP contribution is -2.12. The molecule has 6 nitrogen and oxygen atoms in total. The third-order valence-corrected chi connectivity index (χ3v) is 4.37. The largest absolute Gasteiger partial charge is 0.365 e. The van der Waals surface area contributed by atoms with E-state index in [0.717, 1.165) is 11.1 Å². The van der Waals surface area contributed by atoms with Gasteiger partial charge in [0.15, 0.2) is 11.5 Å². The summed E-state index contributed by atoms with van der Waals surface area (Å²) >= 11 is 0. The molecule has 0 aliphatic carbocycles. The molecule has 0 radical (unpaired) electrons. The SMILES string of the molecule is CN(C)Cc1ccc(CNc2ccc3nnc(-c4ccccc4)n3n2)cc1F. The van der Waals surface area contributed by atoms with Gasteiger partial charge in [0.1, 0.15) is 11.6 Å². The fraction of sp³-hybridized carbons (Fsp3) is 0.190. The molecular weight excluding hydrogens is 355 g/mol. The van der Waals surface area contributed by atoms with Gasteiger partial charge >= 0.3 is 0 Å². The zero-order valence-electron chi connectivity index (χ0n) is 15.8. The minimum Gasteiger partial charge on any atom is -0.365 e. The number of rotatable bonds is 6. The lowest BCUT2D eigenvalue weighted by Gasteiger charge is -2.12. The highest BCUT2D eigenvalue weighted by Crippen LogP contribution is 2.18. The van der Waals surface area contributed by atoms with Crippen molar-refractivity contribution in [1.29, 1.82) is 0 Å². The van der Waals surface area contributed by atoms with E-state index in [1.54, 1.807) is 10.6 Å². The third kappa shape index (κ3) is 3.84. The van der Waals surface area contributed by atoms with Crippen LogP contribution in [0, 0.1) is 5.82 Å². The first-order valence-electron chi connectivity index (χ1n) is 9.04. The molecule has 2 heterocycles. The van der Waals surface area contributed by atoms with Crippen LogP contribution in [0.5, 0.6) is 0 Å². The number of fused-ring (bicyclic) bond motifs is 1. The van der Waals surface area contributed by atoms with Crippen molar-refractivity contribution in [3.63, 3.8) is 0 Å². The Morgan fingerprint density at radius 2 is 1.82 bits per heavy atom. The Kier molecular flexibility index (Phi) is 4.99. The maximum absolute atomic E-state index is 14.3. The standard InChI is InChI=1S/C21H21FN6/c1-27(2)14-17-9-8-15(12-18(17)22)13-23-19-10-11-20-24-25-21(28(20)26-19)16-6-4-3-5-7-16/h3-12H,13-14H2,1-2H3,(H,23,26). The minimum absolute atomic E-state index is 0.193. The van der Waals surface area contributed by atoms with Crippen LogP contribution in [0.3, 0.4) is 0 Å². The van der Waals surface area contributed by atoms with Gasteiger partial charge in [0, 0.05) is 24.2 Å². The molecular formula is C21H21FN6. The van der Waals surface area contributed by atoms with Crippen molar-refractivity contribution in [3.05, 3.63) is 77.6 Å². The van der Waals surface area contributed by atoms with Crippen LogP contribution in [0.4, 0.5) is 10.2 Å². The smallest absolute Gasteiger partial charge is 0.185 e. The van der Waals surface area contributed by atoms with Crippen LogP contribution in [0.15, 0.2) is 60.7 Å². The first-order valence-corrected chi connectivity index (χ1v) is 9.04. The fourth-order valence-corrected chi connectivity index (χ4v) is 3.01. The highest BCUT2D eigenvalue weighted by atomic mass is 19.1. The Morgan fingerprint density at radius 3 is 2.57 bits per heavy atom. The van der Waals surface area contributed by atoms with Crippen molar-refractivity contribution in [1.82, 2.24) is 24.7 Å². The molecule has 2 aromatic carbocycles. The monoisotopic (exact) mass is 376 g/mol. The molecule has 4 aromatic rings. The second-order valence-electron chi connectivity index (χ2n) is 6.90. The van der Waals surface area contributed by atoms with Crippen molar-refractivity contribution in [3.8, 4) is 11.4 Å². The van der Waals surface area contributed by atoms with Gasteiger partial charge in [-0.25, -0.2) is 4.39 Å². The van der Waals surface area contributed by atoms with E-state index in [1.807, 2.05) is 73.6 Å². The van der Waals surface area contributed by atoms with Gasteiger partial charge in [-0.15, -0.1) is 15.3 Å². The zero-order chi connectivity index (χ0) is 19.5. The summed E-state index contributed by atoms with van der Waals surface area (Å²) in [6.07, 6.45) is 0. The average molecular weight is 376 g/mol. The fourth-order valence-electron chi connectivity index (χ4n) is 3.01. The summed E-state index contributed by atoms with van der Waals surface area (Å²) < 4.78 is 16.0. The molecule has 0 saturated carbocycles. The summed E-state index contributed by atoms with van der Waals surface area (Å²) in [5, 5.41) is 16.2. The molecule has 0 amide bonds. The molecule has 0 aliphatic heterocycles. The number of hydrogen-bond acceptors (Lipinski definition) is 5. The van der Waals surface area contributed by atoms with Gasteiger partial charge in [0.05, 0.1) is 0 Å².